The average molecular weight is 371 g/mol. The number of piperidine rings is 1. The summed E-state index contributed by atoms with van der Waals surface area (Å²) < 4.78 is 8.00. The molecular formula is C20H29N5O2. The largest absolute Gasteiger partial charge is 0.373 e. The molecule has 0 saturated carbocycles. The summed E-state index contributed by atoms with van der Waals surface area (Å²) >= 11 is 0. The van der Waals surface area contributed by atoms with E-state index in [0.717, 1.165) is 36.5 Å². The first-order valence-electron chi connectivity index (χ1n) is 9.91. The van der Waals surface area contributed by atoms with Crippen LogP contribution in [0, 0.1) is 6.92 Å². The third kappa shape index (κ3) is 3.80. The number of H-pyrrole nitrogens is 1. The highest BCUT2D eigenvalue weighted by Crippen LogP contribution is 2.32. The number of hydrogen-bond donors (Lipinski definition) is 1. The Morgan fingerprint density at radius 3 is 2.78 bits per heavy atom. The minimum absolute atomic E-state index is 0.0377. The molecule has 0 radical (unpaired) electrons. The molecule has 0 aliphatic carbocycles. The van der Waals surface area contributed by atoms with Crippen LogP contribution in [0.4, 0.5) is 0 Å². The number of amides is 1. The van der Waals surface area contributed by atoms with Crippen molar-refractivity contribution in [2.75, 3.05) is 32.8 Å². The molecule has 2 aromatic heterocycles. The molecule has 0 unspecified atom stereocenters. The lowest BCUT2D eigenvalue weighted by atomic mass is 9.98. The Morgan fingerprint density at radius 1 is 1.30 bits per heavy atom. The van der Waals surface area contributed by atoms with Crippen molar-refractivity contribution >= 4 is 5.91 Å². The zero-order valence-corrected chi connectivity index (χ0v) is 16.2. The molecule has 2 saturated heterocycles. The van der Waals surface area contributed by atoms with Crippen LogP contribution >= 0.6 is 0 Å². The van der Waals surface area contributed by atoms with Crippen LogP contribution in [-0.2, 0) is 11.8 Å². The Balaban J connectivity index is 1.62. The second-order valence-corrected chi connectivity index (χ2v) is 7.68. The molecule has 1 N–H and O–H groups in total. The van der Waals surface area contributed by atoms with Gasteiger partial charge >= 0.3 is 0 Å². The molecule has 27 heavy (non-hydrogen) atoms. The van der Waals surface area contributed by atoms with Gasteiger partial charge in [-0.25, -0.2) is 0 Å². The van der Waals surface area contributed by atoms with Gasteiger partial charge in [0, 0.05) is 43.8 Å². The number of nitrogens with one attached hydrogen (secondary N) is 1. The van der Waals surface area contributed by atoms with Crippen molar-refractivity contribution in [2.24, 2.45) is 7.05 Å². The van der Waals surface area contributed by atoms with Gasteiger partial charge < -0.3 is 19.5 Å². The van der Waals surface area contributed by atoms with Gasteiger partial charge in [-0.15, -0.1) is 0 Å². The van der Waals surface area contributed by atoms with Crippen molar-refractivity contribution in [1.29, 1.82) is 0 Å². The number of nitrogens with zero attached hydrogens (tertiary/aromatic N) is 4. The fraction of sp³-hybridized carbons (Fsp3) is 0.600. The summed E-state index contributed by atoms with van der Waals surface area (Å²) in [5.41, 5.74) is 2.69. The maximum atomic E-state index is 13.3. The van der Waals surface area contributed by atoms with Gasteiger partial charge in [-0.3, -0.25) is 9.48 Å². The summed E-state index contributed by atoms with van der Waals surface area (Å²) in [6, 6.07) is 1.75. The number of morpholine rings is 1. The lowest BCUT2D eigenvalue weighted by Crippen LogP contribution is -2.52. The second kappa shape index (κ2) is 7.86. The zero-order chi connectivity index (χ0) is 18.8. The average Bonchev–Trinajstić information content (AvgIpc) is 3.30. The Labute approximate surface area is 160 Å². The predicted molar refractivity (Wildman–Crippen MR) is 103 cm³/mol. The highest BCUT2D eigenvalue weighted by Gasteiger charge is 2.38. The molecule has 4 heterocycles. The van der Waals surface area contributed by atoms with E-state index in [4.69, 9.17) is 4.74 Å². The highest BCUT2D eigenvalue weighted by atomic mass is 16.5. The zero-order valence-electron chi connectivity index (χ0n) is 16.2. The summed E-state index contributed by atoms with van der Waals surface area (Å²) in [5, 5.41) is 4.35. The highest BCUT2D eigenvalue weighted by molar-refractivity contribution is 5.95. The maximum Gasteiger partial charge on any atom is 0.256 e. The number of carbonyl (C=O) groups is 1. The molecule has 146 valence electrons. The lowest BCUT2D eigenvalue weighted by molar-refractivity contribution is -0.0741. The van der Waals surface area contributed by atoms with Crippen LogP contribution in [0.15, 0.2) is 24.7 Å². The molecule has 2 aromatic rings. The van der Waals surface area contributed by atoms with Gasteiger partial charge in [0.25, 0.3) is 5.91 Å². The first-order chi connectivity index (χ1) is 13.1. The molecule has 7 heteroatoms. The molecule has 2 fully saturated rings. The molecule has 2 aliphatic heterocycles. The van der Waals surface area contributed by atoms with Gasteiger partial charge in [0.15, 0.2) is 0 Å². The summed E-state index contributed by atoms with van der Waals surface area (Å²) in [4.78, 5) is 20.9. The lowest BCUT2D eigenvalue weighted by Gasteiger charge is -2.43. The summed E-state index contributed by atoms with van der Waals surface area (Å²) in [6.07, 6.45) is 9.47. The van der Waals surface area contributed by atoms with E-state index >= 15 is 0 Å². The molecule has 7 nitrogen and oxygen atoms in total. The fourth-order valence-electron chi connectivity index (χ4n) is 4.34. The topological polar surface area (TPSA) is 66.4 Å². The normalized spacial score (nSPS) is 24.3. The molecule has 0 aromatic carbocycles. The van der Waals surface area contributed by atoms with Gasteiger partial charge in [-0.05, 0) is 38.9 Å². The first kappa shape index (κ1) is 18.3. The number of likely N-dealkylation sites (tertiary alicyclic amines) is 1. The van der Waals surface area contributed by atoms with Crippen LogP contribution in [0.1, 0.15) is 46.9 Å². The van der Waals surface area contributed by atoms with Crippen molar-refractivity contribution in [1.82, 2.24) is 24.6 Å². The first-order valence-corrected chi connectivity index (χ1v) is 9.91. The molecule has 1 amide bonds. The number of rotatable bonds is 4. The van der Waals surface area contributed by atoms with Crippen molar-refractivity contribution in [3.05, 3.63) is 41.5 Å². The predicted octanol–water partition coefficient (Wildman–Crippen LogP) is 2.12. The standard InChI is InChI=1S/C20H29N5O2/c1-15-17(6-7-21-15)20(26)25-10-11-27-18(14-24-8-4-3-5-9-24)19(25)16-12-22-23(2)13-16/h6-7,12-13,18-19,21H,3-5,8-11,14H2,1-2H3/t18-,19-/m0/s1. The van der Waals surface area contributed by atoms with Crippen molar-refractivity contribution in [3.8, 4) is 0 Å². The minimum atomic E-state index is -0.115. The number of hydrogen-bond acceptors (Lipinski definition) is 4. The Bertz CT molecular complexity index is 777. The van der Waals surface area contributed by atoms with E-state index in [1.54, 1.807) is 4.68 Å². The van der Waals surface area contributed by atoms with Crippen molar-refractivity contribution < 1.29 is 9.53 Å². The van der Waals surface area contributed by atoms with E-state index in [1.807, 2.05) is 43.5 Å². The third-order valence-corrected chi connectivity index (χ3v) is 5.75. The second-order valence-electron chi connectivity index (χ2n) is 7.68. The SMILES string of the molecule is Cc1[nH]ccc1C(=O)N1CCO[C@@H](CN2CCCCC2)[C@@H]1c1cnn(C)c1. The van der Waals surface area contributed by atoms with Gasteiger partial charge in [0.2, 0.25) is 0 Å². The number of aryl methyl sites for hydroxylation is 2. The quantitative estimate of drug-likeness (QED) is 0.894. The van der Waals surface area contributed by atoms with E-state index in [1.165, 1.54) is 19.3 Å². The Hall–Kier alpha value is -2.12. The smallest absolute Gasteiger partial charge is 0.256 e. The van der Waals surface area contributed by atoms with Gasteiger partial charge in [0.05, 0.1) is 30.5 Å². The molecule has 2 aliphatic rings. The van der Waals surface area contributed by atoms with E-state index in [9.17, 15) is 4.79 Å². The van der Waals surface area contributed by atoms with Crippen LogP contribution in [0.25, 0.3) is 0 Å². The Morgan fingerprint density at radius 2 is 2.11 bits per heavy atom. The maximum absolute atomic E-state index is 13.3. The van der Waals surface area contributed by atoms with Crippen LogP contribution < -0.4 is 0 Å². The molecule has 4 rings (SSSR count). The number of aromatic amines is 1. The summed E-state index contributed by atoms with van der Waals surface area (Å²) in [7, 11) is 1.91. The third-order valence-electron chi connectivity index (χ3n) is 5.75. The monoisotopic (exact) mass is 371 g/mol. The van der Waals surface area contributed by atoms with E-state index in [0.29, 0.717) is 13.2 Å². The number of aromatic nitrogens is 3. The van der Waals surface area contributed by atoms with E-state index < -0.39 is 0 Å². The van der Waals surface area contributed by atoms with Crippen LogP contribution in [-0.4, -0.2) is 69.4 Å². The number of ether oxygens (including phenoxy) is 1. The van der Waals surface area contributed by atoms with Gasteiger partial charge in [-0.2, -0.15) is 5.10 Å². The molecule has 0 bridgehead atoms. The van der Waals surface area contributed by atoms with Crippen LogP contribution in [0.2, 0.25) is 0 Å². The van der Waals surface area contributed by atoms with Gasteiger partial charge in [-0.1, -0.05) is 6.42 Å². The van der Waals surface area contributed by atoms with Crippen LogP contribution in [0.5, 0.6) is 0 Å². The van der Waals surface area contributed by atoms with Crippen molar-refractivity contribution in [3.63, 3.8) is 0 Å². The van der Waals surface area contributed by atoms with E-state index in [2.05, 4.69) is 15.0 Å². The van der Waals surface area contributed by atoms with Gasteiger partial charge in [0.1, 0.15) is 0 Å². The van der Waals surface area contributed by atoms with E-state index in [-0.39, 0.29) is 18.1 Å². The molecule has 0 spiro atoms. The molecule has 2 atom stereocenters. The minimum Gasteiger partial charge on any atom is -0.373 e. The van der Waals surface area contributed by atoms with Crippen molar-refractivity contribution in [2.45, 2.75) is 38.3 Å². The summed E-state index contributed by atoms with van der Waals surface area (Å²) in [5.74, 6) is 0.0644. The Kier molecular flexibility index (Phi) is 5.31. The summed E-state index contributed by atoms with van der Waals surface area (Å²) in [6.45, 7) is 6.20. The number of carbonyl (C=O) groups excluding carboxylic acids is 1. The fourth-order valence-corrected chi connectivity index (χ4v) is 4.34. The van der Waals surface area contributed by atoms with Crippen LogP contribution in [0.3, 0.4) is 0 Å². The molecular weight excluding hydrogens is 342 g/mol.